The Balaban J connectivity index is 0.00000225. The van der Waals surface area contributed by atoms with Crippen molar-refractivity contribution in [3.63, 3.8) is 0 Å². The maximum absolute atomic E-state index is 12.0. The summed E-state index contributed by atoms with van der Waals surface area (Å²) in [4.78, 5) is 17.1. The van der Waals surface area contributed by atoms with Crippen molar-refractivity contribution in [1.82, 2.24) is 9.47 Å². The van der Waals surface area contributed by atoms with Crippen LogP contribution in [0.4, 0.5) is 5.69 Å². The number of carboxylic acids is 1. The van der Waals surface area contributed by atoms with Gasteiger partial charge in [0.1, 0.15) is 6.61 Å². The molecule has 0 radical (unpaired) electrons. The van der Waals surface area contributed by atoms with Crippen molar-refractivity contribution in [2.45, 2.75) is 70.4 Å². The summed E-state index contributed by atoms with van der Waals surface area (Å²) in [6.07, 6.45) is 9.99. The van der Waals surface area contributed by atoms with Crippen LogP contribution in [0.15, 0.2) is 66.7 Å². The van der Waals surface area contributed by atoms with E-state index in [2.05, 4.69) is 62.9 Å². The van der Waals surface area contributed by atoms with Crippen LogP contribution in [0, 0.1) is 0 Å². The fourth-order valence-electron chi connectivity index (χ4n) is 7.92. The number of ether oxygens (including phenoxy) is 2. The first-order chi connectivity index (χ1) is 22.7. The van der Waals surface area contributed by atoms with Crippen molar-refractivity contribution in [1.29, 1.82) is 0 Å². The van der Waals surface area contributed by atoms with Crippen LogP contribution in [-0.2, 0) is 17.9 Å². The number of anilines is 1. The molecule has 3 heterocycles. The number of likely N-dealkylation sites (tertiary alicyclic amines) is 1. The predicted molar refractivity (Wildman–Crippen MR) is 199 cm³/mol. The molecule has 7 nitrogen and oxygen atoms in total. The number of aromatic nitrogens is 1. The quantitative estimate of drug-likeness (QED) is 0.158. The highest BCUT2D eigenvalue weighted by Gasteiger charge is 2.31. The van der Waals surface area contributed by atoms with E-state index in [0.29, 0.717) is 37.8 Å². The molecule has 0 unspecified atom stereocenters. The van der Waals surface area contributed by atoms with Crippen LogP contribution >= 0.6 is 24.8 Å². The van der Waals surface area contributed by atoms with Crippen LogP contribution in [0.5, 0.6) is 5.75 Å². The normalized spacial score (nSPS) is 16.5. The van der Waals surface area contributed by atoms with Gasteiger partial charge in [-0.05, 0) is 80.1 Å². The third kappa shape index (κ3) is 7.81. The van der Waals surface area contributed by atoms with Gasteiger partial charge >= 0.3 is 5.97 Å². The van der Waals surface area contributed by atoms with Gasteiger partial charge in [0.15, 0.2) is 5.75 Å². The highest BCUT2D eigenvalue weighted by atomic mass is 35.5. The lowest BCUT2D eigenvalue weighted by molar-refractivity contribution is 0.0697. The van der Waals surface area contributed by atoms with Gasteiger partial charge < -0.3 is 28.9 Å². The average Bonchev–Trinajstić information content (AvgIpc) is 3.29. The van der Waals surface area contributed by atoms with Crippen molar-refractivity contribution in [2.75, 3.05) is 50.8 Å². The molecule has 9 heteroatoms. The molecular weight excluding hydrogens is 645 g/mol. The number of benzene rings is 3. The van der Waals surface area contributed by atoms with E-state index in [9.17, 15) is 9.90 Å². The Morgan fingerprint density at radius 1 is 0.875 bits per heavy atom. The largest absolute Gasteiger partial charge is 0.489 e. The first kappa shape index (κ1) is 36.1. The predicted octanol–water partition coefficient (Wildman–Crippen LogP) is 8.80. The van der Waals surface area contributed by atoms with Crippen LogP contribution in [-0.4, -0.2) is 66.5 Å². The molecule has 4 aromatic rings. The zero-order valence-electron chi connectivity index (χ0n) is 27.8. The molecule has 1 saturated carbocycles. The number of aromatic carboxylic acids is 1. The van der Waals surface area contributed by atoms with Crippen molar-refractivity contribution >= 4 is 47.4 Å². The van der Waals surface area contributed by atoms with Crippen molar-refractivity contribution in [2.24, 2.45) is 0 Å². The molecular formula is C39H49Cl2N3O4. The number of halogens is 2. The number of nitrogens with zero attached hydrogens (tertiary/aromatic N) is 3. The second kappa shape index (κ2) is 16.9. The van der Waals surface area contributed by atoms with Gasteiger partial charge in [-0.1, -0.05) is 68.1 Å². The molecule has 3 aliphatic rings. The Morgan fingerprint density at radius 3 is 2.42 bits per heavy atom. The van der Waals surface area contributed by atoms with E-state index in [0.717, 1.165) is 42.2 Å². The van der Waals surface area contributed by atoms with Gasteiger partial charge in [0.05, 0.1) is 36.7 Å². The SMILES string of the molecule is Cl.Cl.O=C(O)c1ccc2c(C3CCCCC3)c3n(c2c1)CCOc1c-3cccc1N(CCOCc1ccccc1)CCN1CCCCC1. The molecule has 0 spiro atoms. The molecule has 1 saturated heterocycles. The molecule has 7 rings (SSSR count). The van der Waals surface area contributed by atoms with E-state index >= 15 is 0 Å². The second-order valence-corrected chi connectivity index (χ2v) is 13.2. The van der Waals surface area contributed by atoms with E-state index in [-0.39, 0.29) is 24.8 Å². The molecule has 0 amide bonds. The van der Waals surface area contributed by atoms with Gasteiger partial charge in [0.25, 0.3) is 0 Å². The van der Waals surface area contributed by atoms with Gasteiger partial charge in [-0.25, -0.2) is 4.79 Å². The molecule has 2 fully saturated rings. The maximum atomic E-state index is 12.0. The van der Waals surface area contributed by atoms with Crippen molar-refractivity contribution < 1.29 is 19.4 Å². The van der Waals surface area contributed by atoms with E-state index in [1.54, 1.807) is 6.07 Å². The summed E-state index contributed by atoms with van der Waals surface area (Å²) < 4.78 is 15.3. The number of para-hydroxylation sites is 1. The molecule has 1 aromatic heterocycles. The minimum Gasteiger partial charge on any atom is -0.489 e. The lowest BCUT2D eigenvalue weighted by Gasteiger charge is -2.32. The number of hydrogen-bond acceptors (Lipinski definition) is 5. The van der Waals surface area contributed by atoms with E-state index in [4.69, 9.17) is 9.47 Å². The Bertz CT molecular complexity index is 1650. The van der Waals surface area contributed by atoms with Crippen LogP contribution < -0.4 is 9.64 Å². The van der Waals surface area contributed by atoms with Crippen molar-refractivity contribution in [3.8, 4) is 17.0 Å². The van der Waals surface area contributed by atoms with E-state index < -0.39 is 5.97 Å². The highest BCUT2D eigenvalue weighted by molar-refractivity contribution is 5.99. The second-order valence-electron chi connectivity index (χ2n) is 13.2. The third-order valence-electron chi connectivity index (χ3n) is 10.3. The lowest BCUT2D eigenvalue weighted by atomic mass is 9.81. The smallest absolute Gasteiger partial charge is 0.335 e. The Morgan fingerprint density at radius 2 is 1.65 bits per heavy atom. The standard InChI is InChI=1S/C39H47N3O4.2ClH/c43-39(44)31-17-18-32-35(27-31)42-24-26-46-38-33(37(42)36(32)30-13-6-2-7-14-30)15-10-16-34(38)41(22-21-40-19-8-3-9-20-40)23-25-45-28-29-11-4-1-5-12-29;;/h1,4-5,10-12,15-18,27,30H,2-3,6-9,13-14,19-26,28H2,(H,43,44);2*1H. The zero-order valence-corrected chi connectivity index (χ0v) is 29.4. The molecule has 258 valence electrons. The molecule has 3 aromatic carbocycles. The van der Waals surface area contributed by atoms with Crippen LogP contribution in [0.3, 0.4) is 0 Å². The van der Waals surface area contributed by atoms with Gasteiger partial charge in [-0.3, -0.25) is 0 Å². The fraction of sp³-hybridized carbons (Fsp3) is 0.462. The minimum absolute atomic E-state index is 0. The summed E-state index contributed by atoms with van der Waals surface area (Å²) in [7, 11) is 0. The Kier molecular flexibility index (Phi) is 12.7. The fourth-order valence-corrected chi connectivity index (χ4v) is 7.92. The molecule has 0 bridgehead atoms. The number of piperidine rings is 1. The lowest BCUT2D eigenvalue weighted by Crippen LogP contribution is -2.39. The number of carbonyl (C=O) groups is 1. The van der Waals surface area contributed by atoms with Crippen LogP contribution in [0.25, 0.3) is 22.2 Å². The van der Waals surface area contributed by atoms with Gasteiger partial charge in [0, 0.05) is 36.1 Å². The number of carboxylic acid groups (broad SMARTS) is 1. The zero-order chi connectivity index (χ0) is 31.3. The van der Waals surface area contributed by atoms with Crippen molar-refractivity contribution in [3.05, 3.63) is 83.4 Å². The van der Waals surface area contributed by atoms with E-state index in [1.807, 2.05) is 12.1 Å². The molecule has 2 aliphatic heterocycles. The summed E-state index contributed by atoms with van der Waals surface area (Å²) in [5.41, 5.74) is 7.37. The summed E-state index contributed by atoms with van der Waals surface area (Å²) in [6.45, 7) is 7.51. The van der Waals surface area contributed by atoms with E-state index in [1.165, 1.54) is 86.7 Å². The number of rotatable bonds is 11. The average molecular weight is 695 g/mol. The number of fused-ring (bicyclic) bond motifs is 5. The summed E-state index contributed by atoms with van der Waals surface area (Å²) >= 11 is 0. The Labute approximate surface area is 297 Å². The third-order valence-corrected chi connectivity index (χ3v) is 10.3. The minimum atomic E-state index is -0.886. The summed E-state index contributed by atoms with van der Waals surface area (Å²) in [6, 6.07) is 22.7. The molecule has 48 heavy (non-hydrogen) atoms. The molecule has 0 atom stereocenters. The molecule has 1 aliphatic carbocycles. The highest BCUT2D eigenvalue weighted by Crippen LogP contribution is 2.49. The summed E-state index contributed by atoms with van der Waals surface area (Å²) in [5.74, 6) is 0.517. The van der Waals surface area contributed by atoms with Gasteiger partial charge in [-0.15, -0.1) is 24.8 Å². The van der Waals surface area contributed by atoms with Gasteiger partial charge in [0.2, 0.25) is 0 Å². The van der Waals surface area contributed by atoms with Crippen LogP contribution in [0.1, 0.15) is 78.8 Å². The monoisotopic (exact) mass is 693 g/mol. The topological polar surface area (TPSA) is 67.2 Å². The Hall–Kier alpha value is -3.23. The molecule has 1 N–H and O–H groups in total. The maximum Gasteiger partial charge on any atom is 0.335 e. The number of hydrogen-bond donors (Lipinski definition) is 1. The first-order valence-corrected chi connectivity index (χ1v) is 17.4. The first-order valence-electron chi connectivity index (χ1n) is 17.4. The van der Waals surface area contributed by atoms with Crippen LogP contribution in [0.2, 0.25) is 0 Å². The summed E-state index contributed by atoms with van der Waals surface area (Å²) in [5, 5.41) is 11.1. The van der Waals surface area contributed by atoms with Gasteiger partial charge in [-0.2, -0.15) is 0 Å².